The Kier molecular flexibility index (Phi) is 8.70. The molecule has 0 atom stereocenters. The molecule has 0 amide bonds. The third-order valence-electron chi connectivity index (χ3n) is 1.12. The van der Waals surface area contributed by atoms with Crippen LogP contribution in [-0.4, -0.2) is 16.4 Å². The van der Waals surface area contributed by atoms with Gasteiger partial charge in [0.1, 0.15) is 0 Å². The Hall–Kier alpha value is -0.703. The molecule has 0 radical (unpaired) electrons. The van der Waals surface area contributed by atoms with Gasteiger partial charge in [-0.05, 0) is 19.4 Å². The summed E-state index contributed by atoms with van der Waals surface area (Å²) in [6.45, 7) is 6.18. The van der Waals surface area contributed by atoms with Crippen LogP contribution in [0.5, 0.6) is 0 Å². The van der Waals surface area contributed by atoms with Crippen molar-refractivity contribution in [2.24, 2.45) is 0 Å². The zero-order valence-electron chi connectivity index (χ0n) is 7.08. The van der Waals surface area contributed by atoms with Crippen LogP contribution in [0.25, 0.3) is 0 Å². The second-order valence-corrected chi connectivity index (χ2v) is 3.53. The SMILES string of the molecule is C=COCCC[SiH2]OC=CC. The molecule has 0 saturated carbocycles. The molecule has 0 aromatic carbocycles. The van der Waals surface area contributed by atoms with Crippen molar-refractivity contribution in [3.8, 4) is 0 Å². The van der Waals surface area contributed by atoms with Gasteiger partial charge in [-0.25, -0.2) is 0 Å². The maximum absolute atomic E-state index is 5.24. The first kappa shape index (κ1) is 10.3. The van der Waals surface area contributed by atoms with E-state index < -0.39 is 0 Å². The Morgan fingerprint density at radius 2 is 2.36 bits per heavy atom. The lowest BCUT2D eigenvalue weighted by Crippen LogP contribution is -1.94. The van der Waals surface area contributed by atoms with Gasteiger partial charge in [0.2, 0.25) is 9.76 Å². The molecule has 0 aliphatic rings. The van der Waals surface area contributed by atoms with Crippen molar-refractivity contribution in [2.45, 2.75) is 19.4 Å². The van der Waals surface area contributed by atoms with E-state index in [1.165, 1.54) is 6.26 Å². The Morgan fingerprint density at radius 3 is 3.00 bits per heavy atom. The summed E-state index contributed by atoms with van der Waals surface area (Å²) in [6, 6.07) is 1.16. The van der Waals surface area contributed by atoms with Crippen molar-refractivity contribution in [3.05, 3.63) is 25.2 Å². The number of hydrogen-bond donors (Lipinski definition) is 0. The Labute approximate surface area is 70.8 Å². The van der Waals surface area contributed by atoms with Gasteiger partial charge in [-0.3, -0.25) is 0 Å². The molecule has 0 spiro atoms. The summed E-state index contributed by atoms with van der Waals surface area (Å²) < 4.78 is 10.2. The molecule has 2 nitrogen and oxygen atoms in total. The third-order valence-corrected chi connectivity index (χ3v) is 2.34. The maximum Gasteiger partial charge on any atom is 0.218 e. The van der Waals surface area contributed by atoms with Crippen molar-refractivity contribution in [1.82, 2.24) is 0 Å². The molecule has 0 N–H and O–H groups in total. The van der Waals surface area contributed by atoms with Crippen molar-refractivity contribution in [2.75, 3.05) is 6.61 Å². The van der Waals surface area contributed by atoms with E-state index in [4.69, 9.17) is 9.16 Å². The predicted molar refractivity (Wildman–Crippen MR) is 50.0 cm³/mol. The predicted octanol–water partition coefficient (Wildman–Crippen LogP) is 1.59. The zero-order valence-corrected chi connectivity index (χ0v) is 8.50. The summed E-state index contributed by atoms with van der Waals surface area (Å²) in [6.07, 6.45) is 6.23. The average Bonchev–Trinajstić information content (AvgIpc) is 2.03. The monoisotopic (exact) mass is 172 g/mol. The van der Waals surface area contributed by atoms with Gasteiger partial charge in [-0.15, -0.1) is 0 Å². The highest BCUT2D eigenvalue weighted by atomic mass is 28.2. The second kappa shape index (κ2) is 9.30. The number of ether oxygens (including phenoxy) is 1. The molecule has 0 aliphatic carbocycles. The van der Waals surface area contributed by atoms with Crippen LogP contribution in [0.3, 0.4) is 0 Å². The van der Waals surface area contributed by atoms with Gasteiger partial charge in [0.25, 0.3) is 0 Å². The first-order chi connectivity index (χ1) is 5.41. The fourth-order valence-corrected chi connectivity index (χ4v) is 1.52. The minimum absolute atomic E-state index is 0.329. The molecular weight excluding hydrogens is 156 g/mol. The van der Waals surface area contributed by atoms with Gasteiger partial charge in [-0.1, -0.05) is 12.7 Å². The average molecular weight is 172 g/mol. The minimum atomic E-state index is -0.329. The van der Waals surface area contributed by atoms with Crippen LogP contribution in [0.4, 0.5) is 0 Å². The van der Waals surface area contributed by atoms with Crippen molar-refractivity contribution in [1.29, 1.82) is 0 Å². The number of hydrogen-bond acceptors (Lipinski definition) is 2. The fourth-order valence-electron chi connectivity index (χ4n) is 0.618. The largest absolute Gasteiger partial charge is 0.555 e. The summed E-state index contributed by atoms with van der Waals surface area (Å²) in [7, 11) is -0.329. The van der Waals surface area contributed by atoms with Crippen LogP contribution >= 0.6 is 0 Å². The van der Waals surface area contributed by atoms with Gasteiger partial charge < -0.3 is 9.16 Å². The molecule has 0 heterocycles. The van der Waals surface area contributed by atoms with E-state index >= 15 is 0 Å². The first-order valence-electron chi connectivity index (χ1n) is 3.87. The Bertz CT molecular complexity index is 113. The molecule has 64 valence electrons. The Balaban J connectivity index is 2.84. The van der Waals surface area contributed by atoms with E-state index in [1.54, 1.807) is 6.26 Å². The molecular formula is C8H16O2Si. The topological polar surface area (TPSA) is 18.5 Å². The van der Waals surface area contributed by atoms with E-state index in [0.29, 0.717) is 0 Å². The lowest BCUT2D eigenvalue weighted by atomic mass is 10.5. The molecule has 0 bridgehead atoms. The van der Waals surface area contributed by atoms with Crippen molar-refractivity contribution >= 4 is 9.76 Å². The van der Waals surface area contributed by atoms with E-state index in [0.717, 1.165) is 19.1 Å². The summed E-state index contributed by atoms with van der Waals surface area (Å²) in [4.78, 5) is 0. The van der Waals surface area contributed by atoms with Crippen LogP contribution in [0.2, 0.25) is 6.04 Å². The second-order valence-electron chi connectivity index (χ2n) is 2.08. The zero-order chi connectivity index (χ0) is 8.36. The molecule has 0 saturated heterocycles. The summed E-state index contributed by atoms with van der Waals surface area (Å²) >= 11 is 0. The van der Waals surface area contributed by atoms with Gasteiger partial charge in [-0.2, -0.15) is 0 Å². The molecule has 0 aromatic heterocycles. The lowest BCUT2D eigenvalue weighted by Gasteiger charge is -1.99. The summed E-state index contributed by atoms with van der Waals surface area (Å²) in [5, 5.41) is 0. The van der Waals surface area contributed by atoms with Crippen LogP contribution in [-0.2, 0) is 9.16 Å². The Morgan fingerprint density at radius 1 is 1.55 bits per heavy atom. The third kappa shape index (κ3) is 9.30. The highest BCUT2D eigenvalue weighted by Gasteiger charge is 1.87. The molecule has 11 heavy (non-hydrogen) atoms. The van der Waals surface area contributed by atoms with Gasteiger partial charge in [0.15, 0.2) is 0 Å². The maximum atomic E-state index is 5.24. The number of rotatable bonds is 7. The van der Waals surface area contributed by atoms with Crippen LogP contribution in [0.15, 0.2) is 25.2 Å². The number of allylic oxidation sites excluding steroid dienone is 1. The molecule has 0 aromatic rings. The fraction of sp³-hybridized carbons (Fsp3) is 0.500. The van der Waals surface area contributed by atoms with Gasteiger partial charge in [0.05, 0.1) is 19.1 Å². The summed E-state index contributed by atoms with van der Waals surface area (Å²) in [5.74, 6) is 0. The van der Waals surface area contributed by atoms with E-state index in [2.05, 4.69) is 6.58 Å². The molecule has 3 heteroatoms. The molecule has 0 fully saturated rings. The lowest BCUT2D eigenvalue weighted by molar-refractivity contribution is 0.250. The molecule has 0 rings (SSSR count). The van der Waals surface area contributed by atoms with Gasteiger partial charge in [0, 0.05) is 0 Å². The standard InChI is InChI=1S/C8H16O2Si/c1-3-6-10-11-8-5-7-9-4-2/h3-4,6H,2,5,7-8,11H2,1H3. The van der Waals surface area contributed by atoms with Crippen LogP contribution in [0.1, 0.15) is 13.3 Å². The normalized spacial score (nSPS) is 11.0. The van der Waals surface area contributed by atoms with Crippen LogP contribution < -0.4 is 0 Å². The smallest absolute Gasteiger partial charge is 0.218 e. The summed E-state index contributed by atoms with van der Waals surface area (Å²) in [5.41, 5.74) is 0. The minimum Gasteiger partial charge on any atom is -0.555 e. The highest BCUT2D eigenvalue weighted by Crippen LogP contribution is 1.91. The first-order valence-corrected chi connectivity index (χ1v) is 5.45. The quantitative estimate of drug-likeness (QED) is 0.330. The van der Waals surface area contributed by atoms with E-state index in [-0.39, 0.29) is 9.76 Å². The van der Waals surface area contributed by atoms with Crippen molar-refractivity contribution in [3.63, 3.8) is 0 Å². The van der Waals surface area contributed by atoms with Crippen molar-refractivity contribution < 1.29 is 9.16 Å². The van der Waals surface area contributed by atoms with E-state index in [9.17, 15) is 0 Å². The molecule has 0 unspecified atom stereocenters. The van der Waals surface area contributed by atoms with E-state index in [1.807, 2.05) is 13.0 Å². The van der Waals surface area contributed by atoms with Crippen LogP contribution in [0, 0.1) is 0 Å². The molecule has 0 aliphatic heterocycles. The highest BCUT2D eigenvalue weighted by molar-refractivity contribution is 6.27. The van der Waals surface area contributed by atoms with Gasteiger partial charge >= 0.3 is 0 Å².